The third-order valence-electron chi connectivity index (χ3n) is 6.64. The van der Waals surface area contributed by atoms with Gasteiger partial charge in [0.25, 0.3) is 0 Å². The van der Waals surface area contributed by atoms with Crippen molar-refractivity contribution >= 4 is 53.4 Å². The molecule has 2 N–H and O–H groups in total. The number of amides is 1. The summed E-state index contributed by atoms with van der Waals surface area (Å²) in [5.41, 5.74) is 2.78. The lowest BCUT2D eigenvalue weighted by atomic mass is 10.2. The number of nitrogens with one attached hydrogen (secondary N) is 2. The van der Waals surface area contributed by atoms with Gasteiger partial charge in [-0.2, -0.15) is 10.1 Å². The van der Waals surface area contributed by atoms with Crippen LogP contribution in [0.25, 0.3) is 0 Å². The molecule has 4 aromatic rings. The molecule has 5 rings (SSSR count). The molecule has 43 heavy (non-hydrogen) atoms. The molecule has 1 aliphatic heterocycles. The second-order valence-corrected chi connectivity index (χ2v) is 15.3. The highest BCUT2D eigenvalue weighted by molar-refractivity contribution is 7.70. The number of carbonyl (C=O) groups excluding carboxylic acids is 1. The minimum atomic E-state index is -2.73. The lowest BCUT2D eigenvalue weighted by Gasteiger charge is -2.24. The van der Waals surface area contributed by atoms with Crippen molar-refractivity contribution in [3.8, 4) is 5.75 Å². The van der Waals surface area contributed by atoms with Crippen LogP contribution >= 0.6 is 18.7 Å². The lowest BCUT2D eigenvalue weighted by molar-refractivity contribution is 0.0239. The van der Waals surface area contributed by atoms with Gasteiger partial charge < -0.3 is 24.7 Å². The number of nitrogens with zero attached hydrogens (tertiary/aromatic N) is 5. The van der Waals surface area contributed by atoms with E-state index in [4.69, 9.17) is 21.1 Å². The predicted octanol–water partition coefficient (Wildman–Crippen LogP) is 6.43. The zero-order chi connectivity index (χ0) is 30.9. The Morgan fingerprint density at radius 1 is 1.07 bits per heavy atom. The van der Waals surface area contributed by atoms with Crippen LogP contribution in [0.15, 0.2) is 54.7 Å². The fourth-order valence-electron chi connectivity index (χ4n) is 4.59. The number of aromatic nitrogens is 4. The third kappa shape index (κ3) is 7.29. The van der Waals surface area contributed by atoms with E-state index in [2.05, 4.69) is 25.7 Å². The van der Waals surface area contributed by atoms with Gasteiger partial charge in [-0.3, -0.25) is 9.58 Å². The van der Waals surface area contributed by atoms with Crippen molar-refractivity contribution in [2.45, 2.75) is 46.1 Å². The number of hydrogen-bond donors (Lipinski definition) is 2. The van der Waals surface area contributed by atoms with Gasteiger partial charge in [-0.05, 0) is 57.9 Å². The second kappa shape index (κ2) is 11.9. The Balaban J connectivity index is 1.35. The Labute approximate surface area is 255 Å². The summed E-state index contributed by atoms with van der Waals surface area (Å²) >= 11 is 6.48. The number of halogens is 1. The van der Waals surface area contributed by atoms with E-state index in [0.717, 1.165) is 16.8 Å². The van der Waals surface area contributed by atoms with Gasteiger partial charge in [0.15, 0.2) is 11.6 Å². The molecule has 3 heterocycles. The topological polar surface area (TPSA) is 123 Å². The number of ether oxygens (including phenoxy) is 2. The van der Waals surface area contributed by atoms with Crippen molar-refractivity contribution in [2.75, 3.05) is 24.0 Å². The average Bonchev–Trinajstić information content (AvgIpc) is 3.50. The van der Waals surface area contributed by atoms with Gasteiger partial charge in [-0.25, -0.2) is 9.78 Å². The van der Waals surface area contributed by atoms with Gasteiger partial charge in [-0.15, -0.1) is 0 Å². The van der Waals surface area contributed by atoms with E-state index in [1.807, 2.05) is 64.2 Å². The van der Waals surface area contributed by atoms with Crippen LogP contribution in [-0.4, -0.2) is 49.7 Å². The van der Waals surface area contributed by atoms with Crippen molar-refractivity contribution in [2.24, 2.45) is 7.05 Å². The molecule has 0 unspecified atom stereocenters. The van der Waals surface area contributed by atoms with Crippen LogP contribution in [0.5, 0.6) is 5.75 Å². The first kappa shape index (κ1) is 30.4. The molecular formula is C30H35ClN7O4P. The maximum Gasteiger partial charge on any atom is 0.410 e. The fraction of sp³-hybridized carbons (Fsp3) is 0.333. The molecule has 226 valence electrons. The number of fused-ring (bicyclic) bond motifs is 1. The van der Waals surface area contributed by atoms with Crippen LogP contribution in [0.3, 0.4) is 0 Å². The molecule has 0 bridgehead atoms. The van der Waals surface area contributed by atoms with Crippen LogP contribution < -0.4 is 20.7 Å². The van der Waals surface area contributed by atoms with Crippen molar-refractivity contribution in [1.29, 1.82) is 0 Å². The highest BCUT2D eigenvalue weighted by Gasteiger charge is 2.33. The molecule has 1 aliphatic rings. The largest absolute Gasteiger partial charge is 0.489 e. The van der Waals surface area contributed by atoms with E-state index < -0.39 is 12.7 Å². The van der Waals surface area contributed by atoms with Gasteiger partial charge in [0, 0.05) is 17.9 Å². The molecule has 0 atom stereocenters. The molecular weight excluding hydrogens is 589 g/mol. The summed E-state index contributed by atoms with van der Waals surface area (Å²) in [7, 11) is -0.910. The molecule has 0 aliphatic carbocycles. The smallest absolute Gasteiger partial charge is 0.410 e. The minimum Gasteiger partial charge on any atom is -0.489 e. The van der Waals surface area contributed by atoms with Crippen LogP contribution in [0, 0.1) is 0 Å². The Morgan fingerprint density at radius 2 is 1.81 bits per heavy atom. The van der Waals surface area contributed by atoms with Crippen molar-refractivity contribution in [3.63, 3.8) is 0 Å². The van der Waals surface area contributed by atoms with Crippen LogP contribution in [0.2, 0.25) is 5.02 Å². The number of rotatable bonds is 8. The summed E-state index contributed by atoms with van der Waals surface area (Å²) in [5.74, 6) is 1.72. The van der Waals surface area contributed by atoms with Crippen LogP contribution in [0.1, 0.15) is 37.6 Å². The Kier molecular flexibility index (Phi) is 8.40. The van der Waals surface area contributed by atoms with E-state index >= 15 is 0 Å². The van der Waals surface area contributed by atoms with Crippen LogP contribution in [0.4, 0.5) is 28.1 Å². The Hall–Kier alpha value is -4.08. The van der Waals surface area contributed by atoms with E-state index in [-0.39, 0.29) is 17.1 Å². The summed E-state index contributed by atoms with van der Waals surface area (Å²) in [5, 5.41) is 11.9. The molecule has 0 fully saturated rings. The number of aryl methyl sites for hydroxylation is 1. The summed E-state index contributed by atoms with van der Waals surface area (Å²) in [6.07, 6.45) is 1.09. The molecule has 13 heteroatoms. The molecule has 0 saturated heterocycles. The van der Waals surface area contributed by atoms with Gasteiger partial charge >= 0.3 is 6.09 Å². The first-order chi connectivity index (χ1) is 20.3. The van der Waals surface area contributed by atoms with E-state index in [1.54, 1.807) is 35.0 Å². The molecule has 2 aromatic carbocycles. The summed E-state index contributed by atoms with van der Waals surface area (Å²) in [6.45, 7) is 10.0. The highest BCUT2D eigenvalue weighted by atomic mass is 35.5. The maximum atomic E-state index is 13.3. The summed E-state index contributed by atoms with van der Waals surface area (Å²) in [4.78, 5) is 23.2. The van der Waals surface area contributed by atoms with Gasteiger partial charge in [0.2, 0.25) is 5.95 Å². The van der Waals surface area contributed by atoms with Gasteiger partial charge in [-0.1, -0.05) is 41.9 Å². The zero-order valence-electron chi connectivity index (χ0n) is 25.0. The van der Waals surface area contributed by atoms with Crippen molar-refractivity contribution in [1.82, 2.24) is 24.6 Å². The zero-order valence-corrected chi connectivity index (χ0v) is 26.7. The van der Waals surface area contributed by atoms with E-state index in [1.165, 1.54) is 6.20 Å². The van der Waals surface area contributed by atoms with Gasteiger partial charge in [0.1, 0.15) is 30.1 Å². The van der Waals surface area contributed by atoms with Crippen molar-refractivity contribution in [3.05, 3.63) is 76.6 Å². The minimum absolute atomic E-state index is 0.254. The fourth-order valence-corrected chi connectivity index (χ4v) is 5.88. The number of hydrogen-bond acceptors (Lipinski definition) is 9. The van der Waals surface area contributed by atoms with Crippen LogP contribution in [-0.2, 0) is 36.0 Å². The maximum absolute atomic E-state index is 13.3. The first-order valence-electron chi connectivity index (χ1n) is 13.7. The Bertz CT molecular complexity index is 1700. The highest BCUT2D eigenvalue weighted by Crippen LogP contribution is 2.40. The molecule has 2 aromatic heterocycles. The monoisotopic (exact) mass is 623 g/mol. The predicted molar refractivity (Wildman–Crippen MR) is 169 cm³/mol. The molecule has 0 radical (unpaired) electrons. The third-order valence-corrected chi connectivity index (χ3v) is 8.45. The summed E-state index contributed by atoms with van der Waals surface area (Å²) < 4.78 is 26.5. The molecule has 0 saturated carbocycles. The summed E-state index contributed by atoms with van der Waals surface area (Å²) in [6, 6.07) is 15.2. The molecule has 0 spiro atoms. The van der Waals surface area contributed by atoms with Gasteiger partial charge in [0.05, 0.1) is 30.7 Å². The van der Waals surface area contributed by atoms with Crippen molar-refractivity contribution < 1.29 is 18.8 Å². The van der Waals surface area contributed by atoms with E-state index in [0.29, 0.717) is 48.1 Å². The normalized spacial score (nSPS) is 13.0. The molecule has 11 nitrogen and oxygen atoms in total. The quantitative estimate of drug-likeness (QED) is 0.214. The number of carbonyl (C=O) groups is 1. The SMILES string of the molecule is Cn1nc(Nc2ncc(Cl)c(Nc3ccc(OCc4ccccc4)cc3P(C)(C)=O)n2)c2c1CN(C(=O)OC(C)(C)C)C2. The number of benzene rings is 2. The standard InChI is InChI=1S/C30H35ClN7O4P/c1-30(2,3)42-29(39)38-16-21-24(17-38)37(4)36-26(21)34-28-32-15-22(31)27(35-28)33-23-13-12-20(14-25(23)43(5,6)40)41-18-19-10-8-7-9-11-19/h7-15H,16-18H2,1-6H3,(H2,32,33,34,35,36). The first-order valence-corrected chi connectivity index (χ1v) is 16.7. The van der Waals surface area contributed by atoms with E-state index in [9.17, 15) is 9.36 Å². The second-order valence-electron chi connectivity index (χ2n) is 11.7. The average molecular weight is 624 g/mol. The Morgan fingerprint density at radius 3 is 2.51 bits per heavy atom. The lowest BCUT2D eigenvalue weighted by Crippen LogP contribution is -2.33. The molecule has 1 amide bonds. The number of anilines is 4.